The lowest BCUT2D eigenvalue weighted by Crippen LogP contribution is -2.24. The third kappa shape index (κ3) is 1.79. The maximum atomic E-state index is 11.1. The van der Waals surface area contributed by atoms with Crippen LogP contribution in [0.5, 0.6) is 0 Å². The van der Waals surface area contributed by atoms with Gasteiger partial charge in [-0.15, -0.1) is 0 Å². The minimum absolute atomic E-state index is 0.192. The van der Waals surface area contributed by atoms with Gasteiger partial charge in [-0.2, -0.15) is 5.10 Å². The van der Waals surface area contributed by atoms with Crippen molar-refractivity contribution in [2.75, 3.05) is 0 Å². The van der Waals surface area contributed by atoms with Gasteiger partial charge in [-0.1, -0.05) is 11.6 Å². The van der Waals surface area contributed by atoms with Crippen LogP contribution < -0.4 is 0 Å². The summed E-state index contributed by atoms with van der Waals surface area (Å²) in [4.78, 5) is 0. The first kappa shape index (κ1) is 12.6. The van der Waals surface area contributed by atoms with E-state index in [0.29, 0.717) is 29.7 Å². The molecule has 20 heavy (non-hydrogen) atoms. The van der Waals surface area contributed by atoms with Crippen LogP contribution in [-0.4, -0.2) is 26.5 Å². The number of hydrogen-bond donors (Lipinski definition) is 3. The van der Waals surface area contributed by atoms with Crippen LogP contribution in [0.4, 0.5) is 0 Å². The Morgan fingerprint density at radius 2 is 1.95 bits per heavy atom. The molecule has 1 aromatic heterocycles. The van der Waals surface area contributed by atoms with E-state index in [1.54, 1.807) is 6.20 Å². The van der Waals surface area contributed by atoms with Crippen molar-refractivity contribution in [1.29, 1.82) is 0 Å². The average molecular weight is 293 g/mol. The molecule has 3 unspecified atom stereocenters. The van der Waals surface area contributed by atoms with Crippen molar-refractivity contribution in [3.8, 4) is 0 Å². The van der Waals surface area contributed by atoms with Gasteiger partial charge >= 0.3 is 0 Å². The van der Waals surface area contributed by atoms with E-state index in [0.717, 1.165) is 29.3 Å². The summed E-state index contributed by atoms with van der Waals surface area (Å²) in [6, 6.07) is 3.69. The number of nitrogens with one attached hydrogen (secondary N) is 1. The van der Waals surface area contributed by atoms with E-state index in [1.807, 2.05) is 12.1 Å². The van der Waals surface area contributed by atoms with E-state index in [2.05, 4.69) is 10.2 Å². The van der Waals surface area contributed by atoms with Gasteiger partial charge < -0.3 is 10.2 Å². The van der Waals surface area contributed by atoms with Crippen LogP contribution in [0.25, 0.3) is 10.9 Å². The summed E-state index contributed by atoms with van der Waals surface area (Å²) in [6.07, 6.45) is 4.58. The summed E-state index contributed by atoms with van der Waals surface area (Å²) < 4.78 is 0. The molecule has 0 aliphatic heterocycles. The summed E-state index contributed by atoms with van der Waals surface area (Å²) in [6.45, 7) is 0. The van der Waals surface area contributed by atoms with Gasteiger partial charge in [0.25, 0.3) is 0 Å². The lowest BCUT2D eigenvalue weighted by atomic mass is 9.87. The second-order valence-electron chi connectivity index (χ2n) is 6.37. The van der Waals surface area contributed by atoms with Crippen LogP contribution >= 0.6 is 11.6 Å². The molecule has 0 amide bonds. The Morgan fingerprint density at radius 3 is 2.65 bits per heavy atom. The molecule has 1 aromatic carbocycles. The Labute approximate surface area is 121 Å². The third-order valence-corrected chi connectivity index (χ3v) is 5.26. The zero-order valence-electron chi connectivity index (χ0n) is 11.0. The van der Waals surface area contributed by atoms with Gasteiger partial charge in [-0.3, -0.25) is 5.10 Å². The van der Waals surface area contributed by atoms with E-state index >= 15 is 0 Å². The summed E-state index contributed by atoms with van der Waals surface area (Å²) >= 11 is 6.17. The number of H-pyrrole nitrogens is 1. The number of aliphatic hydroxyl groups excluding tert-OH is 1. The first-order valence-electron chi connectivity index (χ1n) is 7.09. The molecule has 2 aliphatic carbocycles. The highest BCUT2D eigenvalue weighted by Gasteiger charge is 2.49. The summed E-state index contributed by atoms with van der Waals surface area (Å²) in [5, 5.41) is 29.4. The quantitative estimate of drug-likeness (QED) is 0.757. The molecular formula is C15H17ClN2O2. The average Bonchev–Trinajstić information content (AvgIpc) is 3.01. The number of aromatic amines is 1. The third-order valence-electron chi connectivity index (χ3n) is 5.04. The molecule has 2 aliphatic rings. The predicted octanol–water partition coefficient (Wildman–Crippen LogP) is 2.58. The molecule has 5 heteroatoms. The fourth-order valence-electron chi connectivity index (χ4n) is 4.25. The van der Waals surface area contributed by atoms with Crippen molar-refractivity contribution in [2.45, 2.75) is 37.4 Å². The molecule has 2 saturated carbocycles. The molecule has 3 N–H and O–H groups in total. The van der Waals surface area contributed by atoms with Gasteiger partial charge in [0, 0.05) is 10.4 Å². The molecule has 0 radical (unpaired) electrons. The Kier molecular flexibility index (Phi) is 2.65. The molecule has 2 aromatic rings. The molecule has 0 spiro atoms. The van der Waals surface area contributed by atoms with Gasteiger partial charge in [0.05, 0.1) is 23.4 Å². The van der Waals surface area contributed by atoms with E-state index in [1.165, 1.54) is 0 Å². The van der Waals surface area contributed by atoms with Gasteiger partial charge in [0.2, 0.25) is 0 Å². The number of benzene rings is 1. The van der Waals surface area contributed by atoms with Crippen molar-refractivity contribution in [3.05, 3.63) is 28.9 Å². The van der Waals surface area contributed by atoms with E-state index < -0.39 is 5.60 Å². The van der Waals surface area contributed by atoms with Gasteiger partial charge in [0.15, 0.2) is 0 Å². The number of aromatic nitrogens is 2. The van der Waals surface area contributed by atoms with Crippen LogP contribution in [0.1, 0.15) is 31.2 Å². The Hall–Kier alpha value is -1.10. The molecule has 0 saturated heterocycles. The van der Waals surface area contributed by atoms with Crippen LogP contribution in [0.3, 0.4) is 0 Å². The van der Waals surface area contributed by atoms with Crippen molar-refractivity contribution in [2.24, 2.45) is 11.8 Å². The van der Waals surface area contributed by atoms with Gasteiger partial charge in [-0.05, 0) is 55.2 Å². The maximum Gasteiger partial charge on any atom is 0.0909 e. The van der Waals surface area contributed by atoms with E-state index in [-0.39, 0.29) is 6.10 Å². The molecular weight excluding hydrogens is 276 g/mol. The largest absolute Gasteiger partial charge is 0.393 e. The standard InChI is InChI=1S/C15H17ClN2O2/c16-10-3-13(12-7-17-18-14(12)4-10)15(20)5-8-1-11(19)2-9(8)6-15/h3-4,7-9,11,19-20H,1-2,5-6H2,(H,17,18)/t8-,9?,11?,15?/m0/s1. The molecule has 4 nitrogen and oxygen atoms in total. The topological polar surface area (TPSA) is 69.1 Å². The van der Waals surface area contributed by atoms with Crippen LogP contribution in [0, 0.1) is 11.8 Å². The highest BCUT2D eigenvalue weighted by atomic mass is 35.5. The van der Waals surface area contributed by atoms with Crippen molar-refractivity contribution >= 4 is 22.5 Å². The second kappa shape index (κ2) is 4.20. The highest BCUT2D eigenvalue weighted by molar-refractivity contribution is 6.31. The lowest BCUT2D eigenvalue weighted by Gasteiger charge is -2.25. The smallest absolute Gasteiger partial charge is 0.0909 e. The summed E-state index contributed by atoms with van der Waals surface area (Å²) in [5.74, 6) is 0.826. The Bertz CT molecular complexity index is 655. The number of halogens is 1. The highest BCUT2D eigenvalue weighted by Crippen LogP contribution is 2.53. The lowest BCUT2D eigenvalue weighted by molar-refractivity contribution is 0.0304. The minimum atomic E-state index is -0.845. The predicted molar refractivity (Wildman–Crippen MR) is 76.5 cm³/mol. The first-order valence-corrected chi connectivity index (χ1v) is 7.46. The SMILES string of the molecule is OC1CC2CC(O)(c3cc(Cl)cc4[nH]ncc34)C[C@@H]2C1. The van der Waals surface area contributed by atoms with Crippen LogP contribution in [-0.2, 0) is 5.60 Å². The summed E-state index contributed by atoms with van der Waals surface area (Å²) in [5.41, 5.74) is 0.887. The molecule has 106 valence electrons. The number of hydrogen-bond acceptors (Lipinski definition) is 3. The second-order valence-corrected chi connectivity index (χ2v) is 6.81. The zero-order valence-corrected chi connectivity index (χ0v) is 11.8. The zero-order chi connectivity index (χ0) is 13.9. The van der Waals surface area contributed by atoms with Crippen molar-refractivity contribution < 1.29 is 10.2 Å². The molecule has 4 atom stereocenters. The summed E-state index contributed by atoms with van der Waals surface area (Å²) in [7, 11) is 0. The normalized spacial score (nSPS) is 36.6. The minimum Gasteiger partial charge on any atom is -0.393 e. The monoisotopic (exact) mass is 292 g/mol. The number of rotatable bonds is 1. The van der Waals surface area contributed by atoms with E-state index in [4.69, 9.17) is 11.6 Å². The van der Waals surface area contributed by atoms with Crippen LogP contribution in [0.2, 0.25) is 5.02 Å². The van der Waals surface area contributed by atoms with Gasteiger partial charge in [-0.25, -0.2) is 0 Å². The van der Waals surface area contributed by atoms with Crippen LogP contribution in [0.15, 0.2) is 18.3 Å². The fourth-order valence-corrected chi connectivity index (χ4v) is 4.47. The molecule has 4 rings (SSSR count). The Morgan fingerprint density at radius 1 is 1.25 bits per heavy atom. The maximum absolute atomic E-state index is 11.1. The number of aliphatic hydroxyl groups is 2. The molecule has 0 bridgehead atoms. The molecule has 2 fully saturated rings. The fraction of sp³-hybridized carbons (Fsp3) is 0.533. The van der Waals surface area contributed by atoms with E-state index in [9.17, 15) is 10.2 Å². The number of nitrogens with zero attached hydrogens (tertiary/aromatic N) is 1. The Balaban J connectivity index is 1.78. The van der Waals surface area contributed by atoms with Crippen molar-refractivity contribution in [1.82, 2.24) is 10.2 Å². The first-order chi connectivity index (χ1) is 9.55. The number of fused-ring (bicyclic) bond motifs is 2. The van der Waals surface area contributed by atoms with Crippen molar-refractivity contribution in [3.63, 3.8) is 0 Å². The van der Waals surface area contributed by atoms with Gasteiger partial charge in [0.1, 0.15) is 0 Å². The molecule has 1 heterocycles.